The quantitative estimate of drug-likeness (QED) is 0.896. The van der Waals surface area contributed by atoms with E-state index in [9.17, 15) is 0 Å². The summed E-state index contributed by atoms with van der Waals surface area (Å²) in [5.74, 6) is 0.938. The zero-order chi connectivity index (χ0) is 14.5. The molecular weight excluding hydrogens is 250 g/mol. The molecule has 5 nitrogen and oxygen atoms in total. The average Bonchev–Trinajstić information content (AvgIpc) is 2.81. The standard InChI is InChI=1S/C15H19N5/c1-19(2)15-18-11-14(20(15)3)10-17-9-13-6-4-5-12(7-13)8-16/h4-7,11,17H,9-10H2,1-3H3. The molecule has 5 heteroatoms. The van der Waals surface area contributed by atoms with Gasteiger partial charge in [0.1, 0.15) is 0 Å². The van der Waals surface area contributed by atoms with Crippen LogP contribution >= 0.6 is 0 Å². The zero-order valence-electron chi connectivity index (χ0n) is 12.1. The predicted octanol–water partition coefficient (Wildman–Crippen LogP) is 1.65. The maximum atomic E-state index is 8.87. The maximum absolute atomic E-state index is 8.87. The maximum Gasteiger partial charge on any atom is 0.204 e. The Morgan fingerprint density at radius 1 is 1.35 bits per heavy atom. The van der Waals surface area contributed by atoms with E-state index in [4.69, 9.17) is 5.26 Å². The number of hydrogen-bond acceptors (Lipinski definition) is 4. The van der Waals surface area contributed by atoms with Crippen LogP contribution in [0.2, 0.25) is 0 Å². The Hall–Kier alpha value is -2.32. The molecule has 0 amide bonds. The van der Waals surface area contributed by atoms with Gasteiger partial charge in [-0.3, -0.25) is 0 Å². The summed E-state index contributed by atoms with van der Waals surface area (Å²) in [7, 11) is 5.97. The van der Waals surface area contributed by atoms with Gasteiger partial charge in [0.25, 0.3) is 0 Å². The van der Waals surface area contributed by atoms with Gasteiger partial charge in [0.05, 0.1) is 23.5 Å². The van der Waals surface area contributed by atoms with Crippen molar-refractivity contribution in [3.05, 3.63) is 47.3 Å². The molecular formula is C15H19N5. The Bertz CT molecular complexity index is 621. The molecule has 0 spiro atoms. The lowest BCUT2D eigenvalue weighted by molar-refractivity contribution is 0.654. The number of anilines is 1. The van der Waals surface area contributed by atoms with Crippen molar-refractivity contribution in [1.29, 1.82) is 5.26 Å². The second-order valence-corrected chi connectivity index (χ2v) is 4.92. The molecule has 2 aromatic rings. The first kappa shape index (κ1) is 14.1. The van der Waals surface area contributed by atoms with Crippen LogP contribution in [0, 0.1) is 11.3 Å². The van der Waals surface area contributed by atoms with Crippen molar-refractivity contribution in [2.24, 2.45) is 7.05 Å². The van der Waals surface area contributed by atoms with Gasteiger partial charge in [0.2, 0.25) is 5.95 Å². The highest BCUT2D eigenvalue weighted by molar-refractivity contribution is 5.33. The number of imidazole rings is 1. The molecule has 0 aliphatic carbocycles. The van der Waals surface area contributed by atoms with Crippen LogP contribution in [0.1, 0.15) is 16.8 Å². The van der Waals surface area contributed by atoms with Crippen LogP contribution in [0.3, 0.4) is 0 Å². The minimum absolute atomic E-state index is 0.694. The minimum Gasteiger partial charge on any atom is -0.348 e. The van der Waals surface area contributed by atoms with Crippen LogP contribution in [0.25, 0.3) is 0 Å². The zero-order valence-corrected chi connectivity index (χ0v) is 12.1. The molecule has 0 saturated heterocycles. The number of nitriles is 1. The first-order valence-electron chi connectivity index (χ1n) is 6.49. The molecule has 0 unspecified atom stereocenters. The van der Waals surface area contributed by atoms with Crippen molar-refractivity contribution >= 4 is 5.95 Å². The van der Waals surface area contributed by atoms with Crippen molar-refractivity contribution in [3.63, 3.8) is 0 Å². The highest BCUT2D eigenvalue weighted by atomic mass is 15.3. The van der Waals surface area contributed by atoms with E-state index in [-0.39, 0.29) is 0 Å². The summed E-state index contributed by atoms with van der Waals surface area (Å²) in [5.41, 5.74) is 2.93. The number of benzene rings is 1. The monoisotopic (exact) mass is 269 g/mol. The van der Waals surface area contributed by atoms with Gasteiger partial charge < -0.3 is 14.8 Å². The highest BCUT2D eigenvalue weighted by Crippen LogP contribution is 2.11. The van der Waals surface area contributed by atoms with Gasteiger partial charge in [-0.1, -0.05) is 12.1 Å². The second-order valence-electron chi connectivity index (χ2n) is 4.92. The summed E-state index contributed by atoms with van der Waals surface area (Å²) < 4.78 is 2.07. The van der Waals surface area contributed by atoms with E-state index >= 15 is 0 Å². The topological polar surface area (TPSA) is 56.9 Å². The molecule has 0 aliphatic heterocycles. The molecule has 20 heavy (non-hydrogen) atoms. The first-order chi connectivity index (χ1) is 9.61. The van der Waals surface area contributed by atoms with Gasteiger partial charge in [-0.05, 0) is 17.7 Å². The normalized spacial score (nSPS) is 10.3. The number of nitrogens with one attached hydrogen (secondary N) is 1. The van der Waals surface area contributed by atoms with Gasteiger partial charge in [-0.15, -0.1) is 0 Å². The summed E-state index contributed by atoms with van der Waals surface area (Å²) in [6, 6.07) is 9.79. The summed E-state index contributed by atoms with van der Waals surface area (Å²) in [6.07, 6.45) is 1.88. The van der Waals surface area contributed by atoms with E-state index < -0.39 is 0 Å². The molecule has 0 fully saturated rings. The molecule has 1 heterocycles. The molecule has 0 bridgehead atoms. The van der Waals surface area contributed by atoms with Crippen molar-refractivity contribution in [2.45, 2.75) is 13.1 Å². The molecule has 0 aliphatic rings. The van der Waals surface area contributed by atoms with Crippen molar-refractivity contribution in [1.82, 2.24) is 14.9 Å². The number of aromatic nitrogens is 2. The fraction of sp³-hybridized carbons (Fsp3) is 0.333. The van der Waals surface area contributed by atoms with E-state index in [1.165, 1.54) is 0 Å². The number of nitrogens with zero attached hydrogens (tertiary/aromatic N) is 4. The summed E-state index contributed by atoms with van der Waals surface area (Å²) in [6.45, 7) is 1.48. The Morgan fingerprint density at radius 2 is 2.15 bits per heavy atom. The first-order valence-corrected chi connectivity index (χ1v) is 6.49. The van der Waals surface area contributed by atoms with E-state index in [0.29, 0.717) is 5.56 Å². The molecule has 0 saturated carbocycles. The fourth-order valence-electron chi connectivity index (χ4n) is 2.10. The fourth-order valence-corrected chi connectivity index (χ4v) is 2.10. The third kappa shape index (κ3) is 3.16. The van der Waals surface area contributed by atoms with Gasteiger partial charge >= 0.3 is 0 Å². The summed E-state index contributed by atoms with van der Waals surface area (Å²) >= 11 is 0. The van der Waals surface area contributed by atoms with Gasteiger partial charge in [-0.2, -0.15) is 5.26 Å². The lowest BCUT2D eigenvalue weighted by atomic mass is 10.1. The summed E-state index contributed by atoms with van der Waals surface area (Å²) in [4.78, 5) is 6.36. The molecule has 1 aromatic heterocycles. The smallest absolute Gasteiger partial charge is 0.204 e. The molecule has 104 valence electrons. The highest BCUT2D eigenvalue weighted by Gasteiger charge is 2.07. The lowest BCUT2D eigenvalue weighted by Gasteiger charge is -2.13. The molecule has 1 N–H and O–H groups in total. The van der Waals surface area contributed by atoms with Gasteiger partial charge in [-0.25, -0.2) is 4.98 Å². The van der Waals surface area contributed by atoms with Crippen molar-refractivity contribution in [3.8, 4) is 6.07 Å². The predicted molar refractivity (Wildman–Crippen MR) is 79.2 cm³/mol. The van der Waals surface area contributed by atoms with E-state index in [1.54, 1.807) is 0 Å². The van der Waals surface area contributed by atoms with Crippen molar-refractivity contribution < 1.29 is 0 Å². The SMILES string of the molecule is CN(C)c1ncc(CNCc2cccc(C#N)c2)n1C. The largest absolute Gasteiger partial charge is 0.348 e. The Labute approximate surface area is 119 Å². The third-order valence-corrected chi connectivity index (χ3v) is 3.15. The van der Waals surface area contributed by atoms with Crippen LogP contribution in [0.15, 0.2) is 30.5 Å². The van der Waals surface area contributed by atoms with Gasteiger partial charge in [0.15, 0.2) is 0 Å². The minimum atomic E-state index is 0.694. The van der Waals surface area contributed by atoms with E-state index in [1.807, 2.05) is 56.5 Å². The summed E-state index contributed by atoms with van der Waals surface area (Å²) in [5, 5.41) is 12.2. The Morgan fingerprint density at radius 3 is 2.80 bits per heavy atom. The van der Waals surface area contributed by atoms with Crippen LogP contribution in [-0.2, 0) is 20.1 Å². The van der Waals surface area contributed by atoms with Crippen LogP contribution in [0.4, 0.5) is 5.95 Å². The van der Waals surface area contributed by atoms with Gasteiger partial charge in [0, 0.05) is 34.2 Å². The second kappa shape index (κ2) is 6.22. The molecule has 2 rings (SSSR count). The van der Waals surface area contributed by atoms with Crippen LogP contribution < -0.4 is 10.2 Å². The molecule has 0 atom stereocenters. The molecule has 1 aromatic carbocycles. The van der Waals surface area contributed by atoms with E-state index in [0.717, 1.165) is 30.3 Å². The molecule has 0 radical (unpaired) electrons. The Kier molecular flexibility index (Phi) is 4.38. The lowest BCUT2D eigenvalue weighted by Crippen LogP contribution is -2.18. The number of rotatable bonds is 5. The third-order valence-electron chi connectivity index (χ3n) is 3.15. The van der Waals surface area contributed by atoms with Crippen LogP contribution in [0.5, 0.6) is 0 Å². The van der Waals surface area contributed by atoms with Crippen molar-refractivity contribution in [2.75, 3.05) is 19.0 Å². The number of hydrogen-bond donors (Lipinski definition) is 1. The average molecular weight is 269 g/mol. The van der Waals surface area contributed by atoms with E-state index in [2.05, 4.69) is 20.9 Å². The Balaban J connectivity index is 1.94. The van der Waals surface area contributed by atoms with Crippen LogP contribution in [-0.4, -0.2) is 23.6 Å².